The standard InChI is InChI=1S/C10H10ClN3S/c11-4-1-7-15-9-3-2-8-10(14-9)13-6-5-12-8/h2-3,5-6H,1,4,7H2. The number of hydrogen-bond acceptors (Lipinski definition) is 4. The molecule has 0 fully saturated rings. The third-order valence-corrected chi connectivity index (χ3v) is 3.12. The molecule has 0 aliphatic heterocycles. The molecule has 5 heteroatoms. The lowest BCUT2D eigenvalue weighted by Gasteiger charge is -2.00. The van der Waals surface area contributed by atoms with Crippen LogP contribution in [0.15, 0.2) is 29.6 Å². The Labute approximate surface area is 97.3 Å². The summed E-state index contributed by atoms with van der Waals surface area (Å²) in [7, 11) is 0. The van der Waals surface area contributed by atoms with Crippen LogP contribution in [0.1, 0.15) is 6.42 Å². The van der Waals surface area contributed by atoms with Gasteiger partial charge < -0.3 is 0 Å². The van der Waals surface area contributed by atoms with Gasteiger partial charge in [0.1, 0.15) is 5.52 Å². The lowest BCUT2D eigenvalue weighted by atomic mass is 10.4. The highest BCUT2D eigenvalue weighted by Crippen LogP contribution is 2.18. The highest BCUT2D eigenvalue weighted by atomic mass is 35.5. The van der Waals surface area contributed by atoms with Crippen molar-refractivity contribution in [2.45, 2.75) is 11.4 Å². The molecule has 0 amide bonds. The zero-order valence-electron chi connectivity index (χ0n) is 8.06. The second-order valence-electron chi connectivity index (χ2n) is 2.94. The van der Waals surface area contributed by atoms with Crippen molar-refractivity contribution in [3.63, 3.8) is 0 Å². The Bertz CT molecular complexity index is 449. The predicted molar refractivity (Wildman–Crippen MR) is 63.4 cm³/mol. The van der Waals surface area contributed by atoms with Gasteiger partial charge in [0.25, 0.3) is 0 Å². The van der Waals surface area contributed by atoms with Crippen molar-refractivity contribution in [1.29, 1.82) is 0 Å². The van der Waals surface area contributed by atoms with Crippen LogP contribution < -0.4 is 0 Å². The maximum Gasteiger partial charge on any atom is 0.179 e. The quantitative estimate of drug-likeness (QED) is 0.467. The Morgan fingerprint density at radius 1 is 1.20 bits per heavy atom. The summed E-state index contributed by atoms with van der Waals surface area (Å²) in [5.41, 5.74) is 1.53. The zero-order chi connectivity index (χ0) is 10.5. The molecule has 0 N–H and O–H groups in total. The average molecular weight is 240 g/mol. The zero-order valence-corrected chi connectivity index (χ0v) is 9.63. The van der Waals surface area contributed by atoms with Gasteiger partial charge in [-0.1, -0.05) is 0 Å². The number of fused-ring (bicyclic) bond motifs is 1. The molecule has 2 rings (SSSR count). The normalized spacial score (nSPS) is 10.7. The first-order valence-corrected chi connectivity index (χ1v) is 6.19. The molecule has 2 aromatic rings. The van der Waals surface area contributed by atoms with Crippen LogP contribution in [-0.4, -0.2) is 26.6 Å². The summed E-state index contributed by atoms with van der Waals surface area (Å²) in [6.45, 7) is 0. The number of rotatable bonds is 4. The largest absolute Gasteiger partial charge is 0.251 e. The molecule has 2 heterocycles. The van der Waals surface area contributed by atoms with E-state index in [-0.39, 0.29) is 0 Å². The number of aromatic nitrogens is 3. The van der Waals surface area contributed by atoms with E-state index < -0.39 is 0 Å². The molecule has 0 spiro atoms. The van der Waals surface area contributed by atoms with Gasteiger partial charge in [-0.25, -0.2) is 9.97 Å². The molecule has 0 saturated carbocycles. The van der Waals surface area contributed by atoms with E-state index in [1.807, 2.05) is 12.1 Å². The van der Waals surface area contributed by atoms with Crippen molar-refractivity contribution in [1.82, 2.24) is 15.0 Å². The smallest absolute Gasteiger partial charge is 0.179 e. The third-order valence-electron chi connectivity index (χ3n) is 1.83. The number of alkyl halides is 1. The fourth-order valence-corrected chi connectivity index (χ4v) is 2.25. The van der Waals surface area contributed by atoms with Crippen molar-refractivity contribution in [2.75, 3.05) is 11.6 Å². The van der Waals surface area contributed by atoms with Crippen molar-refractivity contribution < 1.29 is 0 Å². The highest BCUT2D eigenvalue weighted by molar-refractivity contribution is 7.99. The van der Waals surface area contributed by atoms with E-state index in [1.54, 1.807) is 24.2 Å². The van der Waals surface area contributed by atoms with Crippen molar-refractivity contribution >= 4 is 34.5 Å². The minimum atomic E-state index is 0.695. The fraction of sp³-hybridized carbons (Fsp3) is 0.300. The van der Waals surface area contributed by atoms with Crippen LogP contribution in [0.5, 0.6) is 0 Å². The SMILES string of the molecule is ClCCCSc1ccc2nccnc2n1. The van der Waals surface area contributed by atoms with Crippen LogP contribution in [0.3, 0.4) is 0 Å². The number of halogens is 1. The molecule has 0 saturated heterocycles. The van der Waals surface area contributed by atoms with Gasteiger partial charge in [-0.15, -0.1) is 23.4 Å². The lowest BCUT2D eigenvalue weighted by molar-refractivity contribution is 1.09. The molecular weight excluding hydrogens is 230 g/mol. The second-order valence-corrected chi connectivity index (χ2v) is 4.43. The van der Waals surface area contributed by atoms with Crippen LogP contribution in [0.4, 0.5) is 0 Å². The Morgan fingerprint density at radius 2 is 2.07 bits per heavy atom. The van der Waals surface area contributed by atoms with Gasteiger partial charge in [0.15, 0.2) is 5.65 Å². The minimum absolute atomic E-state index is 0.695. The van der Waals surface area contributed by atoms with Gasteiger partial charge in [0.2, 0.25) is 0 Å². The van der Waals surface area contributed by atoms with E-state index in [0.717, 1.165) is 22.7 Å². The van der Waals surface area contributed by atoms with E-state index >= 15 is 0 Å². The van der Waals surface area contributed by atoms with Crippen LogP contribution >= 0.6 is 23.4 Å². The van der Waals surface area contributed by atoms with Crippen molar-refractivity contribution in [3.8, 4) is 0 Å². The van der Waals surface area contributed by atoms with Gasteiger partial charge >= 0.3 is 0 Å². The Hall–Kier alpha value is -0.870. The predicted octanol–water partition coefficient (Wildman–Crippen LogP) is 2.75. The average Bonchev–Trinajstić information content (AvgIpc) is 2.29. The number of thioether (sulfide) groups is 1. The molecule has 0 unspecified atom stereocenters. The highest BCUT2D eigenvalue weighted by Gasteiger charge is 1.99. The number of pyridine rings is 1. The van der Waals surface area contributed by atoms with E-state index in [4.69, 9.17) is 11.6 Å². The van der Waals surface area contributed by atoms with Gasteiger partial charge in [-0.2, -0.15) is 0 Å². The minimum Gasteiger partial charge on any atom is -0.251 e. The summed E-state index contributed by atoms with van der Waals surface area (Å²) in [6, 6.07) is 3.91. The summed E-state index contributed by atoms with van der Waals surface area (Å²) >= 11 is 7.30. The number of nitrogens with zero attached hydrogens (tertiary/aromatic N) is 3. The number of hydrogen-bond donors (Lipinski definition) is 0. The molecule has 0 atom stereocenters. The Balaban J connectivity index is 2.16. The summed E-state index contributed by atoms with van der Waals surface area (Å²) in [5, 5.41) is 0.980. The molecule has 0 bridgehead atoms. The molecule has 3 nitrogen and oxygen atoms in total. The van der Waals surface area contributed by atoms with E-state index in [2.05, 4.69) is 15.0 Å². The Morgan fingerprint density at radius 3 is 2.93 bits per heavy atom. The monoisotopic (exact) mass is 239 g/mol. The van der Waals surface area contributed by atoms with Crippen molar-refractivity contribution in [3.05, 3.63) is 24.5 Å². The lowest BCUT2D eigenvalue weighted by Crippen LogP contribution is -1.89. The van der Waals surface area contributed by atoms with Crippen molar-refractivity contribution in [2.24, 2.45) is 0 Å². The fourth-order valence-electron chi connectivity index (χ4n) is 1.15. The summed E-state index contributed by atoms with van der Waals surface area (Å²) in [6.07, 6.45) is 4.32. The van der Waals surface area contributed by atoms with Crippen LogP contribution in [0, 0.1) is 0 Å². The van der Waals surface area contributed by atoms with Gasteiger partial charge in [0.05, 0.1) is 5.03 Å². The Kier molecular flexibility index (Phi) is 3.75. The molecule has 0 radical (unpaired) electrons. The molecule has 0 aliphatic rings. The first-order chi connectivity index (χ1) is 7.40. The van der Waals surface area contributed by atoms with Crippen LogP contribution in [0.25, 0.3) is 11.2 Å². The van der Waals surface area contributed by atoms with Crippen LogP contribution in [0.2, 0.25) is 0 Å². The first kappa shape index (κ1) is 10.6. The van der Waals surface area contributed by atoms with E-state index in [9.17, 15) is 0 Å². The summed E-state index contributed by atoms with van der Waals surface area (Å²) in [4.78, 5) is 12.7. The molecule has 0 aliphatic carbocycles. The first-order valence-electron chi connectivity index (χ1n) is 4.66. The maximum absolute atomic E-state index is 5.61. The van der Waals surface area contributed by atoms with Gasteiger partial charge in [0, 0.05) is 24.0 Å². The van der Waals surface area contributed by atoms with E-state index in [1.165, 1.54) is 0 Å². The van der Waals surface area contributed by atoms with Gasteiger partial charge in [-0.3, -0.25) is 4.98 Å². The molecule has 78 valence electrons. The second kappa shape index (κ2) is 5.28. The van der Waals surface area contributed by atoms with E-state index in [0.29, 0.717) is 11.5 Å². The molecular formula is C10H10ClN3S. The summed E-state index contributed by atoms with van der Waals surface area (Å²) in [5.74, 6) is 1.68. The van der Waals surface area contributed by atoms with Crippen LogP contribution in [-0.2, 0) is 0 Å². The third kappa shape index (κ3) is 2.79. The molecule has 15 heavy (non-hydrogen) atoms. The molecule has 2 aromatic heterocycles. The molecule has 0 aromatic carbocycles. The summed E-state index contributed by atoms with van der Waals surface area (Å²) < 4.78 is 0. The topological polar surface area (TPSA) is 38.7 Å². The van der Waals surface area contributed by atoms with Gasteiger partial charge in [-0.05, 0) is 18.6 Å². The maximum atomic E-state index is 5.61.